The molecule has 0 spiro atoms. The summed E-state index contributed by atoms with van der Waals surface area (Å²) in [6, 6.07) is 10.2. The highest BCUT2D eigenvalue weighted by Gasteiger charge is 2.14. The van der Waals surface area contributed by atoms with Crippen LogP contribution in [0.25, 0.3) is 10.9 Å². The largest absolute Gasteiger partial charge is 0.492 e. The summed E-state index contributed by atoms with van der Waals surface area (Å²) < 4.78 is 19.4. The molecule has 0 saturated heterocycles. The highest BCUT2D eigenvalue weighted by molar-refractivity contribution is 6.31. The van der Waals surface area contributed by atoms with Crippen molar-refractivity contribution in [2.75, 3.05) is 44.4 Å². The third-order valence-electron chi connectivity index (χ3n) is 4.63. The summed E-state index contributed by atoms with van der Waals surface area (Å²) >= 11 is 5.93. The normalized spacial score (nSPS) is 11.2. The van der Waals surface area contributed by atoms with Crippen LogP contribution in [0.15, 0.2) is 48.7 Å². The maximum Gasteiger partial charge on any atom is 0.144 e. The molecule has 8 heteroatoms. The topological polar surface area (TPSA) is 73.2 Å². The number of ether oxygens (including phenoxy) is 1. The molecule has 1 heterocycles. The number of likely N-dealkylation sites (N-methyl/N-ethyl adjacent to an activating group) is 1. The maximum absolute atomic E-state index is 13.6. The van der Waals surface area contributed by atoms with Crippen molar-refractivity contribution in [1.29, 1.82) is 5.26 Å². The van der Waals surface area contributed by atoms with Crippen LogP contribution >= 0.6 is 11.6 Å². The zero-order valence-corrected chi connectivity index (χ0v) is 19.0. The Morgan fingerprint density at radius 2 is 2.06 bits per heavy atom. The summed E-state index contributed by atoms with van der Waals surface area (Å²) in [4.78, 5) is 6.50. The first-order chi connectivity index (χ1) is 15.4. The molecule has 0 aliphatic rings. The Labute approximate surface area is 192 Å². The van der Waals surface area contributed by atoms with Crippen LogP contribution in [0.4, 0.5) is 21.5 Å². The molecule has 0 radical (unpaired) electrons. The molecule has 6 nitrogen and oxygen atoms in total. The Morgan fingerprint density at radius 1 is 1.25 bits per heavy atom. The average molecular weight is 454 g/mol. The Balaban J connectivity index is 2.02. The molecule has 0 saturated carbocycles. The Hall–Kier alpha value is -3.34. The van der Waals surface area contributed by atoms with Gasteiger partial charge in [-0.3, -0.25) is 4.98 Å². The molecule has 0 fully saturated rings. The first kappa shape index (κ1) is 23.3. The first-order valence-electron chi connectivity index (χ1n) is 10.2. The summed E-state index contributed by atoms with van der Waals surface area (Å²) in [5, 5.41) is 16.9. The van der Waals surface area contributed by atoms with Gasteiger partial charge in [0, 0.05) is 36.4 Å². The lowest BCUT2D eigenvalue weighted by Gasteiger charge is -2.16. The molecule has 3 rings (SSSR count). The number of hydrogen-bond acceptors (Lipinski definition) is 6. The van der Waals surface area contributed by atoms with E-state index in [1.54, 1.807) is 6.07 Å². The van der Waals surface area contributed by atoms with Crippen LogP contribution in [0.3, 0.4) is 0 Å². The van der Waals surface area contributed by atoms with Gasteiger partial charge in [0.2, 0.25) is 0 Å². The van der Waals surface area contributed by atoms with Crippen molar-refractivity contribution in [1.82, 2.24) is 9.88 Å². The molecule has 0 bridgehead atoms. The number of nitriles is 1. The van der Waals surface area contributed by atoms with Gasteiger partial charge in [-0.05, 0) is 45.3 Å². The fourth-order valence-electron chi connectivity index (χ4n) is 3.11. The van der Waals surface area contributed by atoms with E-state index in [2.05, 4.69) is 32.7 Å². The van der Waals surface area contributed by atoms with Crippen LogP contribution < -0.4 is 15.4 Å². The van der Waals surface area contributed by atoms with Gasteiger partial charge in [-0.25, -0.2) is 4.39 Å². The third-order valence-corrected chi connectivity index (χ3v) is 4.92. The minimum Gasteiger partial charge on any atom is -0.492 e. The van der Waals surface area contributed by atoms with Crippen molar-refractivity contribution >= 4 is 39.6 Å². The molecule has 0 aliphatic carbocycles. The molecule has 0 unspecified atom stereocenters. The van der Waals surface area contributed by atoms with E-state index in [0.29, 0.717) is 41.4 Å². The summed E-state index contributed by atoms with van der Waals surface area (Å²) in [5.41, 5.74) is 2.94. The molecular weight excluding hydrogens is 429 g/mol. The van der Waals surface area contributed by atoms with Gasteiger partial charge in [-0.1, -0.05) is 23.8 Å². The zero-order chi connectivity index (χ0) is 23.1. The molecule has 0 aliphatic heterocycles. The van der Waals surface area contributed by atoms with Crippen molar-refractivity contribution < 1.29 is 9.13 Å². The molecule has 0 atom stereocenters. The standard InChI is InChI=1S/C24H25ClFN5O/c1-4-32-23-13-21-18(12-22(23)28-9-5-6-10-31(2)3)24(16(14-27)15-29-21)30-17-7-8-20(26)19(25)11-17/h5-8,11-13,15,28H,4,9-10H2,1-3H3,(H,29,30)/b6-5+. The average Bonchev–Trinajstić information content (AvgIpc) is 2.76. The molecule has 1 aromatic heterocycles. The highest BCUT2D eigenvalue weighted by atomic mass is 35.5. The number of benzene rings is 2. The Kier molecular flexibility index (Phi) is 7.87. The van der Waals surface area contributed by atoms with Crippen LogP contribution in [0.2, 0.25) is 5.02 Å². The van der Waals surface area contributed by atoms with E-state index in [0.717, 1.165) is 17.6 Å². The lowest BCUT2D eigenvalue weighted by atomic mass is 10.1. The summed E-state index contributed by atoms with van der Waals surface area (Å²) in [7, 11) is 4.02. The lowest BCUT2D eigenvalue weighted by Crippen LogP contribution is -2.11. The molecule has 2 N–H and O–H groups in total. The van der Waals surface area contributed by atoms with E-state index in [1.807, 2.05) is 39.2 Å². The molecule has 0 amide bonds. The predicted octanol–water partition coefficient (Wildman–Crippen LogP) is 5.57. The van der Waals surface area contributed by atoms with Gasteiger partial charge in [-0.2, -0.15) is 5.26 Å². The van der Waals surface area contributed by atoms with Crippen LogP contribution in [0.1, 0.15) is 12.5 Å². The van der Waals surface area contributed by atoms with Gasteiger partial charge in [0.1, 0.15) is 17.6 Å². The molecule has 32 heavy (non-hydrogen) atoms. The van der Waals surface area contributed by atoms with Crippen molar-refractivity contribution in [2.24, 2.45) is 0 Å². The second kappa shape index (κ2) is 10.8. The van der Waals surface area contributed by atoms with Crippen molar-refractivity contribution in [2.45, 2.75) is 6.92 Å². The fraction of sp³-hybridized carbons (Fsp3) is 0.250. The van der Waals surface area contributed by atoms with Gasteiger partial charge in [0.25, 0.3) is 0 Å². The van der Waals surface area contributed by atoms with E-state index < -0.39 is 5.82 Å². The lowest BCUT2D eigenvalue weighted by molar-refractivity contribution is 0.342. The zero-order valence-electron chi connectivity index (χ0n) is 18.2. The number of aromatic nitrogens is 1. The number of pyridine rings is 1. The Bertz CT molecular complexity index is 1170. The van der Waals surface area contributed by atoms with E-state index in [-0.39, 0.29) is 5.02 Å². The van der Waals surface area contributed by atoms with E-state index in [1.165, 1.54) is 18.3 Å². The minimum absolute atomic E-state index is 0.00244. The van der Waals surface area contributed by atoms with Gasteiger partial charge < -0.3 is 20.3 Å². The van der Waals surface area contributed by atoms with Gasteiger partial charge in [0.15, 0.2) is 0 Å². The van der Waals surface area contributed by atoms with Gasteiger partial charge in [0.05, 0.1) is 34.1 Å². The summed E-state index contributed by atoms with van der Waals surface area (Å²) in [5.74, 6) is 0.168. The van der Waals surface area contributed by atoms with Crippen LogP contribution in [0, 0.1) is 17.1 Å². The smallest absolute Gasteiger partial charge is 0.144 e. The second-order valence-corrected chi connectivity index (χ2v) is 7.73. The highest BCUT2D eigenvalue weighted by Crippen LogP contribution is 2.36. The number of nitrogens with one attached hydrogen (secondary N) is 2. The second-order valence-electron chi connectivity index (χ2n) is 7.33. The van der Waals surface area contributed by atoms with Crippen LogP contribution in [-0.4, -0.2) is 43.7 Å². The third kappa shape index (κ3) is 5.67. The van der Waals surface area contributed by atoms with Crippen molar-refractivity contribution in [3.8, 4) is 11.8 Å². The molecule has 2 aromatic carbocycles. The van der Waals surface area contributed by atoms with Crippen LogP contribution in [0.5, 0.6) is 5.75 Å². The number of fused-ring (bicyclic) bond motifs is 1. The van der Waals surface area contributed by atoms with E-state index in [9.17, 15) is 9.65 Å². The van der Waals surface area contributed by atoms with Gasteiger partial charge >= 0.3 is 0 Å². The van der Waals surface area contributed by atoms with E-state index >= 15 is 0 Å². The quantitative estimate of drug-likeness (QED) is 0.412. The fourth-order valence-corrected chi connectivity index (χ4v) is 3.29. The van der Waals surface area contributed by atoms with Gasteiger partial charge in [-0.15, -0.1) is 0 Å². The molecular formula is C24H25ClFN5O. The number of rotatable bonds is 9. The minimum atomic E-state index is -0.507. The Morgan fingerprint density at radius 3 is 2.75 bits per heavy atom. The number of anilines is 3. The summed E-state index contributed by atoms with van der Waals surface area (Å²) in [6.07, 6.45) is 5.63. The van der Waals surface area contributed by atoms with Crippen LogP contribution in [-0.2, 0) is 0 Å². The monoisotopic (exact) mass is 453 g/mol. The SMILES string of the molecule is CCOc1cc2ncc(C#N)c(Nc3ccc(F)c(Cl)c3)c2cc1NC/C=C/CN(C)C. The number of halogens is 2. The molecule has 3 aromatic rings. The first-order valence-corrected chi connectivity index (χ1v) is 10.6. The molecule has 166 valence electrons. The maximum atomic E-state index is 13.6. The van der Waals surface area contributed by atoms with Crippen molar-refractivity contribution in [3.05, 3.63) is 65.1 Å². The summed E-state index contributed by atoms with van der Waals surface area (Å²) in [6.45, 7) is 3.89. The van der Waals surface area contributed by atoms with Crippen molar-refractivity contribution in [3.63, 3.8) is 0 Å². The predicted molar refractivity (Wildman–Crippen MR) is 129 cm³/mol. The number of nitrogens with zero attached hydrogens (tertiary/aromatic N) is 3. The van der Waals surface area contributed by atoms with E-state index in [4.69, 9.17) is 16.3 Å². The number of hydrogen-bond donors (Lipinski definition) is 2.